The number of halogens is 2. The lowest BCUT2D eigenvalue weighted by Crippen LogP contribution is -1.99. The summed E-state index contributed by atoms with van der Waals surface area (Å²) >= 11 is 6.00. The summed E-state index contributed by atoms with van der Waals surface area (Å²) in [6, 6.07) is 11.2. The molecule has 0 bridgehead atoms. The molecule has 0 radical (unpaired) electrons. The van der Waals surface area contributed by atoms with Crippen molar-refractivity contribution in [3.8, 4) is 5.75 Å². The first-order valence-electron chi connectivity index (χ1n) is 5.46. The normalized spacial score (nSPS) is 10.4. The minimum atomic E-state index is -0.285. The van der Waals surface area contributed by atoms with Crippen molar-refractivity contribution in [3.63, 3.8) is 0 Å². The molecular formula is C14H12ClFO2. The molecule has 1 N–H and O–H groups in total. The number of aliphatic hydroxyl groups is 1. The molecule has 2 rings (SSSR count). The molecule has 0 aromatic heterocycles. The van der Waals surface area contributed by atoms with E-state index in [1.54, 1.807) is 30.3 Å². The predicted octanol–water partition coefficient (Wildman–Crippen LogP) is 3.55. The number of aliphatic hydroxyl groups excluding tert-OH is 1. The average molecular weight is 267 g/mol. The molecule has 2 aromatic carbocycles. The van der Waals surface area contributed by atoms with E-state index in [0.29, 0.717) is 16.3 Å². The number of hydrogen-bond donors (Lipinski definition) is 1. The summed E-state index contributed by atoms with van der Waals surface area (Å²) in [6.45, 7) is 0.135. The van der Waals surface area contributed by atoms with Crippen LogP contribution < -0.4 is 4.74 Å². The number of rotatable bonds is 4. The van der Waals surface area contributed by atoms with Gasteiger partial charge in [-0.05, 0) is 23.8 Å². The largest absolute Gasteiger partial charge is 0.487 e. The number of hydrogen-bond acceptors (Lipinski definition) is 2. The first kappa shape index (κ1) is 12.9. The van der Waals surface area contributed by atoms with Gasteiger partial charge >= 0.3 is 0 Å². The van der Waals surface area contributed by atoms with Crippen LogP contribution in [0.3, 0.4) is 0 Å². The van der Waals surface area contributed by atoms with Gasteiger partial charge in [0, 0.05) is 5.56 Å². The molecule has 2 aromatic rings. The zero-order chi connectivity index (χ0) is 13.0. The molecule has 0 aliphatic rings. The molecule has 2 nitrogen and oxygen atoms in total. The van der Waals surface area contributed by atoms with Crippen LogP contribution in [0.4, 0.5) is 4.39 Å². The summed E-state index contributed by atoms with van der Waals surface area (Å²) < 4.78 is 18.3. The molecule has 4 heteroatoms. The maximum atomic E-state index is 12.7. The minimum Gasteiger partial charge on any atom is -0.487 e. The second kappa shape index (κ2) is 5.85. The molecule has 0 saturated carbocycles. The molecule has 0 heterocycles. The SMILES string of the molecule is OCc1cccc(Cl)c1OCc1ccc(F)cc1. The van der Waals surface area contributed by atoms with Crippen molar-refractivity contribution in [1.82, 2.24) is 0 Å². The van der Waals surface area contributed by atoms with Crippen LogP contribution >= 0.6 is 11.6 Å². The van der Waals surface area contributed by atoms with Gasteiger partial charge in [0.2, 0.25) is 0 Å². The first-order chi connectivity index (χ1) is 8.70. The van der Waals surface area contributed by atoms with E-state index in [4.69, 9.17) is 16.3 Å². The third-order valence-corrected chi connectivity index (χ3v) is 2.81. The van der Waals surface area contributed by atoms with Crippen molar-refractivity contribution >= 4 is 11.6 Å². The van der Waals surface area contributed by atoms with E-state index in [9.17, 15) is 9.50 Å². The van der Waals surface area contributed by atoms with Gasteiger partial charge in [-0.25, -0.2) is 4.39 Å². The Balaban J connectivity index is 2.12. The fourth-order valence-corrected chi connectivity index (χ4v) is 1.82. The van der Waals surface area contributed by atoms with Crippen molar-refractivity contribution in [3.05, 3.63) is 64.4 Å². The summed E-state index contributed by atoms with van der Waals surface area (Å²) in [5.74, 6) is 0.179. The molecule has 18 heavy (non-hydrogen) atoms. The first-order valence-corrected chi connectivity index (χ1v) is 5.84. The van der Waals surface area contributed by atoms with Crippen LogP contribution in [0, 0.1) is 5.82 Å². The standard InChI is InChI=1S/C14H12ClFO2/c15-13-3-1-2-11(8-17)14(13)18-9-10-4-6-12(16)7-5-10/h1-7,17H,8-9H2. The van der Waals surface area contributed by atoms with E-state index in [2.05, 4.69) is 0 Å². The van der Waals surface area contributed by atoms with E-state index in [-0.39, 0.29) is 19.0 Å². The molecule has 0 amide bonds. The summed E-state index contributed by atoms with van der Waals surface area (Å²) in [4.78, 5) is 0. The van der Waals surface area contributed by atoms with Gasteiger partial charge in [-0.15, -0.1) is 0 Å². The van der Waals surface area contributed by atoms with Crippen LogP contribution in [-0.2, 0) is 13.2 Å². The van der Waals surface area contributed by atoms with Crippen molar-refractivity contribution in [2.45, 2.75) is 13.2 Å². The van der Waals surface area contributed by atoms with Gasteiger partial charge in [0.25, 0.3) is 0 Å². The zero-order valence-electron chi connectivity index (χ0n) is 9.57. The number of para-hydroxylation sites is 1. The lowest BCUT2D eigenvalue weighted by molar-refractivity contribution is 0.259. The van der Waals surface area contributed by atoms with E-state index in [1.807, 2.05) is 0 Å². The van der Waals surface area contributed by atoms with Gasteiger partial charge < -0.3 is 9.84 Å². The van der Waals surface area contributed by atoms with Gasteiger partial charge in [-0.2, -0.15) is 0 Å². The van der Waals surface area contributed by atoms with Crippen molar-refractivity contribution in [2.75, 3.05) is 0 Å². The lowest BCUT2D eigenvalue weighted by atomic mass is 10.2. The molecule has 0 atom stereocenters. The Morgan fingerprint density at radius 2 is 1.83 bits per heavy atom. The van der Waals surface area contributed by atoms with Crippen LogP contribution in [0.25, 0.3) is 0 Å². The zero-order valence-corrected chi connectivity index (χ0v) is 10.3. The predicted molar refractivity (Wildman–Crippen MR) is 68.1 cm³/mol. The van der Waals surface area contributed by atoms with Gasteiger partial charge in [0.05, 0.1) is 11.6 Å². The monoisotopic (exact) mass is 266 g/mol. The van der Waals surface area contributed by atoms with Crippen molar-refractivity contribution < 1.29 is 14.2 Å². The Hall–Kier alpha value is -1.58. The molecule has 0 fully saturated rings. The topological polar surface area (TPSA) is 29.5 Å². The third kappa shape index (κ3) is 3.00. The van der Waals surface area contributed by atoms with Crippen molar-refractivity contribution in [1.29, 1.82) is 0 Å². The highest BCUT2D eigenvalue weighted by Gasteiger charge is 2.07. The molecule has 0 unspecified atom stereocenters. The third-order valence-electron chi connectivity index (χ3n) is 2.52. The van der Waals surface area contributed by atoms with Crippen LogP contribution in [0.5, 0.6) is 5.75 Å². The maximum Gasteiger partial charge on any atom is 0.143 e. The Morgan fingerprint density at radius 1 is 1.11 bits per heavy atom. The van der Waals surface area contributed by atoms with Crippen molar-refractivity contribution in [2.24, 2.45) is 0 Å². The number of benzene rings is 2. The van der Waals surface area contributed by atoms with Crippen LogP contribution in [-0.4, -0.2) is 5.11 Å². The lowest BCUT2D eigenvalue weighted by Gasteiger charge is -2.11. The molecule has 94 valence electrons. The quantitative estimate of drug-likeness (QED) is 0.917. The highest BCUT2D eigenvalue weighted by molar-refractivity contribution is 6.32. The Labute approximate surface area is 110 Å². The second-order valence-electron chi connectivity index (χ2n) is 3.80. The second-order valence-corrected chi connectivity index (χ2v) is 4.21. The Bertz CT molecular complexity index is 526. The van der Waals surface area contributed by atoms with Gasteiger partial charge in [0.15, 0.2) is 0 Å². The fraction of sp³-hybridized carbons (Fsp3) is 0.143. The van der Waals surface area contributed by atoms with E-state index in [0.717, 1.165) is 5.56 Å². The van der Waals surface area contributed by atoms with Gasteiger partial charge in [-0.3, -0.25) is 0 Å². The smallest absolute Gasteiger partial charge is 0.143 e. The van der Waals surface area contributed by atoms with E-state index in [1.165, 1.54) is 12.1 Å². The van der Waals surface area contributed by atoms with Crippen LogP contribution in [0.15, 0.2) is 42.5 Å². The average Bonchev–Trinajstić information content (AvgIpc) is 2.39. The van der Waals surface area contributed by atoms with Gasteiger partial charge in [0.1, 0.15) is 18.2 Å². The van der Waals surface area contributed by atoms with E-state index >= 15 is 0 Å². The molecule has 0 aliphatic heterocycles. The summed E-state index contributed by atoms with van der Waals surface area (Å²) in [6.07, 6.45) is 0. The Morgan fingerprint density at radius 3 is 2.50 bits per heavy atom. The Kier molecular flexibility index (Phi) is 4.18. The summed E-state index contributed by atoms with van der Waals surface area (Å²) in [5.41, 5.74) is 1.46. The summed E-state index contributed by atoms with van der Waals surface area (Å²) in [7, 11) is 0. The highest BCUT2D eigenvalue weighted by atomic mass is 35.5. The molecular weight excluding hydrogens is 255 g/mol. The highest BCUT2D eigenvalue weighted by Crippen LogP contribution is 2.29. The van der Waals surface area contributed by atoms with Gasteiger partial charge in [-0.1, -0.05) is 35.9 Å². The van der Waals surface area contributed by atoms with E-state index < -0.39 is 0 Å². The summed E-state index contributed by atoms with van der Waals surface area (Å²) in [5, 5.41) is 9.64. The molecule has 0 saturated heterocycles. The van der Waals surface area contributed by atoms with Crippen LogP contribution in [0.2, 0.25) is 5.02 Å². The fourth-order valence-electron chi connectivity index (χ4n) is 1.58. The molecule has 0 aliphatic carbocycles. The molecule has 0 spiro atoms. The maximum absolute atomic E-state index is 12.7. The minimum absolute atomic E-state index is 0.140. The number of ether oxygens (including phenoxy) is 1. The van der Waals surface area contributed by atoms with Crippen LogP contribution in [0.1, 0.15) is 11.1 Å².